The second kappa shape index (κ2) is 13.1. The zero-order valence-electron chi connectivity index (χ0n) is 19.3. The van der Waals surface area contributed by atoms with Crippen molar-refractivity contribution < 1.29 is 39.3 Å². The summed E-state index contributed by atoms with van der Waals surface area (Å²) in [5.41, 5.74) is 6.66. The van der Waals surface area contributed by atoms with Crippen molar-refractivity contribution in [3.63, 3.8) is 0 Å². The Kier molecular flexibility index (Phi) is 11.0. The molecule has 34 heavy (non-hydrogen) atoms. The molecule has 0 bridgehead atoms. The summed E-state index contributed by atoms with van der Waals surface area (Å²) in [4.78, 5) is 60.1. The number of carboxylic acid groups (broad SMARTS) is 2. The van der Waals surface area contributed by atoms with E-state index in [9.17, 15) is 29.1 Å². The van der Waals surface area contributed by atoms with Crippen molar-refractivity contribution in [2.75, 3.05) is 0 Å². The van der Waals surface area contributed by atoms with Crippen molar-refractivity contribution in [3.05, 3.63) is 29.8 Å². The van der Waals surface area contributed by atoms with E-state index >= 15 is 0 Å². The molecular formula is C22H32N4O8. The summed E-state index contributed by atoms with van der Waals surface area (Å²) in [5.74, 6) is -5.46. The highest BCUT2D eigenvalue weighted by atomic mass is 16.4. The molecule has 0 aromatic heterocycles. The first-order chi connectivity index (χ1) is 15.8. The first-order valence-corrected chi connectivity index (χ1v) is 10.7. The van der Waals surface area contributed by atoms with E-state index in [1.165, 1.54) is 19.1 Å². The lowest BCUT2D eigenvalue weighted by atomic mass is 9.96. The second-order valence-corrected chi connectivity index (χ2v) is 8.08. The number of amides is 3. The Balaban J connectivity index is 2.94. The fourth-order valence-corrected chi connectivity index (χ4v) is 2.96. The number of nitrogens with one attached hydrogen (secondary N) is 3. The van der Waals surface area contributed by atoms with Crippen molar-refractivity contribution in [1.82, 2.24) is 16.0 Å². The molecule has 188 valence electrons. The molecule has 0 spiro atoms. The van der Waals surface area contributed by atoms with Crippen molar-refractivity contribution in [2.45, 2.75) is 64.2 Å². The van der Waals surface area contributed by atoms with Crippen LogP contribution in [0.25, 0.3) is 0 Å². The molecule has 5 unspecified atom stereocenters. The second-order valence-electron chi connectivity index (χ2n) is 8.08. The van der Waals surface area contributed by atoms with E-state index in [0.717, 1.165) is 0 Å². The van der Waals surface area contributed by atoms with Crippen LogP contribution in [0.3, 0.4) is 0 Å². The van der Waals surface area contributed by atoms with Crippen LogP contribution in [0.5, 0.6) is 5.75 Å². The molecule has 12 heteroatoms. The van der Waals surface area contributed by atoms with Gasteiger partial charge in [-0.2, -0.15) is 0 Å². The number of hydrogen-bond donors (Lipinski definition) is 7. The Hall–Kier alpha value is -3.67. The lowest BCUT2D eigenvalue weighted by Gasteiger charge is -2.27. The highest BCUT2D eigenvalue weighted by Crippen LogP contribution is 2.12. The maximum absolute atomic E-state index is 12.9. The molecule has 1 rings (SSSR count). The first kappa shape index (κ1) is 28.4. The van der Waals surface area contributed by atoms with Gasteiger partial charge in [0.15, 0.2) is 0 Å². The third-order valence-electron chi connectivity index (χ3n) is 5.26. The number of aromatic hydroxyl groups is 1. The van der Waals surface area contributed by atoms with Gasteiger partial charge in [-0.25, -0.2) is 0 Å². The van der Waals surface area contributed by atoms with Crippen LogP contribution < -0.4 is 21.7 Å². The SMILES string of the molecule is CCC(C)C(NC(=O)C(N)Cc1ccc(O)cc1)C(=O)NC(CC(=O)O)C(=O)NC(C)C(=O)O. The molecule has 12 nitrogen and oxygen atoms in total. The number of hydrogen-bond acceptors (Lipinski definition) is 7. The molecule has 5 atom stereocenters. The molecular weight excluding hydrogens is 448 g/mol. The number of phenolic OH excluding ortho intramolecular Hbond substituents is 1. The Morgan fingerprint density at radius 1 is 0.912 bits per heavy atom. The van der Waals surface area contributed by atoms with Crippen molar-refractivity contribution in [2.24, 2.45) is 11.7 Å². The number of carbonyl (C=O) groups excluding carboxylic acids is 3. The van der Waals surface area contributed by atoms with Crippen LogP contribution in [0.4, 0.5) is 0 Å². The zero-order valence-corrected chi connectivity index (χ0v) is 19.3. The largest absolute Gasteiger partial charge is 0.508 e. The summed E-state index contributed by atoms with van der Waals surface area (Å²) < 4.78 is 0. The maximum Gasteiger partial charge on any atom is 0.325 e. The van der Waals surface area contributed by atoms with Gasteiger partial charge in [0, 0.05) is 0 Å². The van der Waals surface area contributed by atoms with Crippen LogP contribution in [0.1, 0.15) is 39.2 Å². The first-order valence-electron chi connectivity index (χ1n) is 10.7. The molecule has 0 aliphatic rings. The number of aliphatic carboxylic acids is 2. The van der Waals surface area contributed by atoms with Crippen LogP contribution in [0, 0.1) is 5.92 Å². The number of carbonyl (C=O) groups is 5. The van der Waals surface area contributed by atoms with Gasteiger partial charge in [0.25, 0.3) is 0 Å². The third-order valence-corrected chi connectivity index (χ3v) is 5.26. The lowest BCUT2D eigenvalue weighted by Crippen LogP contribution is -2.59. The van der Waals surface area contributed by atoms with E-state index in [1.807, 2.05) is 0 Å². The summed E-state index contributed by atoms with van der Waals surface area (Å²) in [6, 6.07) is 1.12. The molecule has 1 aromatic carbocycles. The van der Waals surface area contributed by atoms with Crippen LogP contribution in [0.2, 0.25) is 0 Å². The number of phenols is 1. The summed E-state index contributed by atoms with van der Waals surface area (Å²) in [5, 5.41) is 34.4. The Morgan fingerprint density at radius 3 is 2.00 bits per heavy atom. The lowest BCUT2D eigenvalue weighted by molar-refractivity contribution is -0.143. The van der Waals surface area contributed by atoms with E-state index in [0.29, 0.717) is 12.0 Å². The highest BCUT2D eigenvalue weighted by Gasteiger charge is 2.32. The fraction of sp³-hybridized carbons (Fsp3) is 0.500. The summed E-state index contributed by atoms with van der Waals surface area (Å²) >= 11 is 0. The van der Waals surface area contributed by atoms with E-state index in [2.05, 4.69) is 16.0 Å². The summed E-state index contributed by atoms with van der Waals surface area (Å²) in [6.07, 6.45) is -0.180. The van der Waals surface area contributed by atoms with Gasteiger partial charge in [-0.15, -0.1) is 0 Å². The third kappa shape index (κ3) is 9.06. The standard InChI is InChI=1S/C22H32N4O8/c1-4-11(2)18(26-19(30)15(23)9-13-5-7-14(27)8-6-13)21(32)25-16(10-17(28)29)20(31)24-12(3)22(33)34/h5-8,11-12,15-16,18,27H,4,9-10,23H2,1-3H3,(H,24,31)(H,25,32)(H,26,30)(H,28,29)(H,33,34). The summed E-state index contributed by atoms with van der Waals surface area (Å²) in [7, 11) is 0. The van der Waals surface area contributed by atoms with Crippen LogP contribution in [-0.4, -0.2) is 69.1 Å². The van der Waals surface area contributed by atoms with Gasteiger partial charge in [0.1, 0.15) is 23.9 Å². The minimum atomic E-state index is -1.55. The molecule has 0 saturated carbocycles. The molecule has 0 aliphatic heterocycles. The summed E-state index contributed by atoms with van der Waals surface area (Å²) in [6.45, 7) is 4.66. The average Bonchev–Trinajstić information content (AvgIpc) is 2.77. The molecule has 0 heterocycles. The maximum atomic E-state index is 12.9. The number of carboxylic acids is 2. The highest BCUT2D eigenvalue weighted by molar-refractivity contribution is 5.95. The van der Waals surface area contributed by atoms with E-state index in [-0.39, 0.29) is 12.2 Å². The number of benzene rings is 1. The topological polar surface area (TPSA) is 208 Å². The Morgan fingerprint density at radius 2 is 1.50 bits per heavy atom. The van der Waals surface area contributed by atoms with Gasteiger partial charge in [-0.3, -0.25) is 24.0 Å². The van der Waals surface area contributed by atoms with Crippen molar-refractivity contribution in [3.8, 4) is 5.75 Å². The molecule has 0 fully saturated rings. The van der Waals surface area contributed by atoms with Crippen molar-refractivity contribution in [1.29, 1.82) is 0 Å². The predicted molar refractivity (Wildman–Crippen MR) is 121 cm³/mol. The molecule has 8 N–H and O–H groups in total. The molecule has 3 amide bonds. The monoisotopic (exact) mass is 480 g/mol. The number of rotatable bonds is 13. The van der Waals surface area contributed by atoms with Crippen LogP contribution >= 0.6 is 0 Å². The predicted octanol–water partition coefficient (Wildman–Crippen LogP) is -0.658. The van der Waals surface area contributed by atoms with Gasteiger partial charge < -0.3 is 37.0 Å². The zero-order chi connectivity index (χ0) is 26.0. The molecule has 0 aliphatic carbocycles. The van der Waals surface area contributed by atoms with Crippen molar-refractivity contribution >= 4 is 29.7 Å². The van der Waals surface area contributed by atoms with E-state index in [4.69, 9.17) is 15.9 Å². The molecule has 0 saturated heterocycles. The van der Waals surface area contributed by atoms with Gasteiger partial charge in [-0.1, -0.05) is 32.4 Å². The minimum absolute atomic E-state index is 0.0629. The Bertz CT molecular complexity index is 889. The van der Waals surface area contributed by atoms with E-state index in [1.54, 1.807) is 26.0 Å². The Labute approximate surface area is 196 Å². The van der Waals surface area contributed by atoms with E-state index < -0.39 is 66.2 Å². The average molecular weight is 481 g/mol. The quantitative estimate of drug-likeness (QED) is 0.191. The van der Waals surface area contributed by atoms with Gasteiger partial charge in [-0.05, 0) is 37.0 Å². The smallest absolute Gasteiger partial charge is 0.325 e. The van der Waals surface area contributed by atoms with Gasteiger partial charge in [0.2, 0.25) is 17.7 Å². The minimum Gasteiger partial charge on any atom is -0.508 e. The molecule has 1 aromatic rings. The van der Waals surface area contributed by atoms with Gasteiger partial charge >= 0.3 is 11.9 Å². The van der Waals surface area contributed by atoms with Crippen LogP contribution in [-0.2, 0) is 30.4 Å². The molecule has 0 radical (unpaired) electrons. The normalized spacial score (nSPS) is 15.2. The van der Waals surface area contributed by atoms with Crippen LogP contribution in [0.15, 0.2) is 24.3 Å². The number of nitrogens with two attached hydrogens (primary N) is 1. The van der Waals surface area contributed by atoms with Gasteiger partial charge in [0.05, 0.1) is 12.5 Å². The fourth-order valence-electron chi connectivity index (χ4n) is 2.96.